The first-order chi connectivity index (χ1) is 11.4. The summed E-state index contributed by atoms with van der Waals surface area (Å²) < 4.78 is 39.0. The number of rotatable bonds is 0. The first kappa shape index (κ1) is 16.2. The number of halogens is 4. The molecule has 0 fully saturated rings. The van der Waals surface area contributed by atoms with Gasteiger partial charge >= 0.3 is 7.25 Å². The molecule has 5 heteroatoms. The zero-order valence-electron chi connectivity index (χ0n) is 12.6. The van der Waals surface area contributed by atoms with Gasteiger partial charge in [-0.25, -0.2) is 0 Å². The topological polar surface area (TPSA) is 0 Å². The molecule has 0 atom stereocenters. The summed E-state index contributed by atoms with van der Waals surface area (Å²) in [6.45, 7) is 0. The van der Waals surface area contributed by atoms with Crippen molar-refractivity contribution in [3.8, 4) is 11.1 Å². The summed E-state index contributed by atoms with van der Waals surface area (Å²) in [5.74, 6) is 0. The first-order valence-electron chi connectivity index (χ1n) is 7.43. The molecule has 0 aromatic heterocycles. The van der Waals surface area contributed by atoms with Gasteiger partial charge in [-0.2, -0.15) is 0 Å². The molecule has 2 aromatic carbocycles. The van der Waals surface area contributed by atoms with Crippen molar-refractivity contribution in [2.75, 3.05) is 0 Å². The Morgan fingerprint density at radius 3 is 2.04 bits per heavy atom. The molecule has 120 valence electrons. The molecule has 0 spiro atoms. The molecule has 0 radical (unpaired) electrons. The number of fused-ring (bicyclic) bond motifs is 4. The summed E-state index contributed by atoms with van der Waals surface area (Å²) in [6.07, 6.45) is 0. The van der Waals surface area contributed by atoms with E-state index in [4.69, 9.17) is 0 Å². The maximum absolute atomic E-state index is 9.75. The van der Waals surface area contributed by atoms with Crippen LogP contribution in [0.5, 0.6) is 0 Å². The fraction of sp³-hybridized carbons (Fsp3) is 0. The van der Waals surface area contributed by atoms with Crippen LogP contribution >= 0.6 is 0 Å². The van der Waals surface area contributed by atoms with E-state index in [-0.39, 0.29) is 0 Å². The normalized spacial score (nSPS) is 11.3. The zero-order valence-corrected chi connectivity index (χ0v) is 12.6. The summed E-state index contributed by atoms with van der Waals surface area (Å²) in [6, 6.07) is 28.2. The lowest BCUT2D eigenvalue weighted by Gasteiger charge is -1.94. The Bertz CT molecular complexity index is 964. The van der Waals surface area contributed by atoms with E-state index >= 15 is 0 Å². The van der Waals surface area contributed by atoms with Crippen LogP contribution in [-0.2, 0) is 0 Å². The average Bonchev–Trinajstić information content (AvgIpc) is 2.68. The fourth-order valence-electron chi connectivity index (χ4n) is 2.77. The van der Waals surface area contributed by atoms with Gasteiger partial charge in [0.15, 0.2) is 0 Å². The molecule has 0 saturated heterocycles. The van der Waals surface area contributed by atoms with E-state index < -0.39 is 7.25 Å². The quantitative estimate of drug-likeness (QED) is 0.192. The maximum atomic E-state index is 9.75. The highest BCUT2D eigenvalue weighted by Gasteiger charge is 2.20. The molecular formula is C19H13BF4. The van der Waals surface area contributed by atoms with Gasteiger partial charge in [-0.3, -0.25) is 0 Å². The highest BCUT2D eigenvalue weighted by molar-refractivity contribution is 6.50. The van der Waals surface area contributed by atoms with Crippen molar-refractivity contribution in [3.63, 3.8) is 0 Å². The molecule has 0 nitrogen and oxygen atoms in total. The molecule has 2 aliphatic rings. The molecule has 0 heterocycles. The SMILES string of the molecule is F[B-](F)(F)F.c1ccc2cc3cc4ccccc4c[cH+]c3c-2cc1. The van der Waals surface area contributed by atoms with Crippen LogP contribution in [0.4, 0.5) is 17.3 Å². The van der Waals surface area contributed by atoms with Crippen LogP contribution < -0.4 is 0 Å². The number of hydrogen-bond acceptors (Lipinski definition) is 0. The van der Waals surface area contributed by atoms with Gasteiger partial charge in [0.25, 0.3) is 0 Å². The molecule has 0 bridgehead atoms. The summed E-state index contributed by atoms with van der Waals surface area (Å²) in [7, 11) is -6.00. The van der Waals surface area contributed by atoms with Crippen LogP contribution in [0.3, 0.4) is 0 Å². The van der Waals surface area contributed by atoms with Crippen molar-refractivity contribution < 1.29 is 17.3 Å². The second-order valence-electron chi connectivity index (χ2n) is 5.39. The van der Waals surface area contributed by atoms with Gasteiger partial charge in [0.05, 0.1) is 10.9 Å². The third-order valence-corrected chi connectivity index (χ3v) is 3.72. The third kappa shape index (κ3) is 3.80. The van der Waals surface area contributed by atoms with E-state index in [0.29, 0.717) is 0 Å². The summed E-state index contributed by atoms with van der Waals surface area (Å²) >= 11 is 0. The predicted octanol–water partition coefficient (Wildman–Crippen LogP) is 6.68. The molecule has 0 amide bonds. The molecule has 24 heavy (non-hydrogen) atoms. The highest BCUT2D eigenvalue weighted by Crippen LogP contribution is 2.34. The Kier molecular flexibility index (Phi) is 4.34. The number of benzene rings is 1. The van der Waals surface area contributed by atoms with Crippen LogP contribution in [0.1, 0.15) is 0 Å². The van der Waals surface area contributed by atoms with E-state index in [2.05, 4.69) is 78.9 Å². The van der Waals surface area contributed by atoms with Gasteiger partial charge in [0, 0.05) is 40.6 Å². The Labute approximate surface area is 136 Å². The average molecular weight is 328 g/mol. The lowest BCUT2D eigenvalue weighted by atomic mass is 10.1. The van der Waals surface area contributed by atoms with Gasteiger partial charge in [0.2, 0.25) is 0 Å². The van der Waals surface area contributed by atoms with Gasteiger partial charge in [-0.05, 0) is 24.3 Å². The zero-order chi connectivity index (χ0) is 17.2. The minimum Gasteiger partial charge on any atom is -0.418 e. The second-order valence-corrected chi connectivity index (χ2v) is 5.39. The molecule has 2 aliphatic carbocycles. The smallest absolute Gasteiger partial charge is 0.418 e. The Morgan fingerprint density at radius 1 is 0.667 bits per heavy atom. The van der Waals surface area contributed by atoms with E-state index in [0.717, 1.165) is 0 Å². The largest absolute Gasteiger partial charge is 0.673 e. The van der Waals surface area contributed by atoms with Crippen LogP contribution in [0, 0.1) is 0 Å². The van der Waals surface area contributed by atoms with E-state index in [1.165, 1.54) is 32.7 Å². The summed E-state index contributed by atoms with van der Waals surface area (Å²) in [5, 5.41) is 5.20. The minimum absolute atomic E-state index is 1.28. The maximum Gasteiger partial charge on any atom is 0.673 e. The minimum atomic E-state index is -6.00. The molecule has 0 saturated carbocycles. The van der Waals surface area contributed by atoms with Crippen LogP contribution in [0.25, 0.3) is 32.7 Å². The van der Waals surface area contributed by atoms with Gasteiger partial charge in [0.1, 0.15) is 5.39 Å². The Hall–Kier alpha value is -2.69. The molecule has 4 rings (SSSR count). The van der Waals surface area contributed by atoms with Crippen molar-refractivity contribution >= 4 is 28.8 Å². The summed E-state index contributed by atoms with van der Waals surface area (Å²) in [5.41, 5.74) is 2.62. The van der Waals surface area contributed by atoms with Gasteiger partial charge in [-0.15, -0.1) is 0 Å². The number of hydrogen-bond donors (Lipinski definition) is 0. The molecule has 0 N–H and O–H groups in total. The molecular weight excluding hydrogens is 315 g/mol. The van der Waals surface area contributed by atoms with Crippen molar-refractivity contribution in [2.45, 2.75) is 0 Å². The van der Waals surface area contributed by atoms with Crippen molar-refractivity contribution in [1.29, 1.82) is 0 Å². The van der Waals surface area contributed by atoms with Crippen molar-refractivity contribution in [2.24, 2.45) is 0 Å². The predicted molar refractivity (Wildman–Crippen MR) is 92.7 cm³/mol. The van der Waals surface area contributed by atoms with Gasteiger partial charge in [-0.1, -0.05) is 30.3 Å². The van der Waals surface area contributed by atoms with Crippen molar-refractivity contribution in [1.82, 2.24) is 0 Å². The molecule has 0 unspecified atom stereocenters. The van der Waals surface area contributed by atoms with Crippen molar-refractivity contribution in [3.05, 3.63) is 78.9 Å². The van der Waals surface area contributed by atoms with Crippen LogP contribution in [0.2, 0.25) is 0 Å². The Morgan fingerprint density at radius 2 is 1.29 bits per heavy atom. The standard InChI is InChI=1S/C19H13.BF4/c1-2-8-16-13-17-12-15-7-5-4-6-14(15)10-11-19(17)18(16)9-3-1;2-1(3,4)5/h1-13H;/q+1;-1. The monoisotopic (exact) mass is 328 g/mol. The lowest BCUT2D eigenvalue weighted by molar-refractivity contribution is 0.368. The summed E-state index contributed by atoms with van der Waals surface area (Å²) in [4.78, 5) is 0. The van der Waals surface area contributed by atoms with Crippen LogP contribution in [0.15, 0.2) is 78.9 Å². The van der Waals surface area contributed by atoms with Gasteiger partial charge < -0.3 is 17.3 Å². The lowest BCUT2D eigenvalue weighted by Crippen LogP contribution is -2.02. The highest BCUT2D eigenvalue weighted by atomic mass is 19.5. The molecule has 0 aliphatic heterocycles. The van der Waals surface area contributed by atoms with E-state index in [9.17, 15) is 17.3 Å². The van der Waals surface area contributed by atoms with E-state index in [1.54, 1.807) is 0 Å². The molecule has 2 aromatic rings. The fourth-order valence-corrected chi connectivity index (χ4v) is 2.77. The third-order valence-electron chi connectivity index (χ3n) is 3.72. The van der Waals surface area contributed by atoms with Crippen LogP contribution in [-0.4, -0.2) is 7.25 Å². The first-order valence-corrected chi connectivity index (χ1v) is 7.43. The Balaban J connectivity index is 0.000000300. The van der Waals surface area contributed by atoms with E-state index in [1.807, 2.05) is 0 Å². The second kappa shape index (κ2) is 6.44.